The molecular weight excluding hydrogens is 450 g/mol. The summed E-state index contributed by atoms with van der Waals surface area (Å²) in [7, 11) is 0. The van der Waals surface area contributed by atoms with Crippen molar-refractivity contribution in [3.05, 3.63) is 70.2 Å². The Morgan fingerprint density at radius 2 is 1.73 bits per heavy atom. The van der Waals surface area contributed by atoms with Crippen molar-refractivity contribution in [3.63, 3.8) is 0 Å². The van der Waals surface area contributed by atoms with Crippen molar-refractivity contribution >= 4 is 28.0 Å². The van der Waals surface area contributed by atoms with Gasteiger partial charge in [0.2, 0.25) is 0 Å². The van der Waals surface area contributed by atoms with E-state index in [9.17, 15) is 14.7 Å². The van der Waals surface area contributed by atoms with Crippen LogP contribution in [0.5, 0.6) is 0 Å². The molecule has 30 heavy (non-hydrogen) atoms. The number of ether oxygens (including phenoxy) is 2. The van der Waals surface area contributed by atoms with E-state index in [0.717, 1.165) is 28.4 Å². The molecule has 1 fully saturated rings. The predicted octanol–water partition coefficient (Wildman–Crippen LogP) is 4.96. The molecule has 0 aromatic heterocycles. The zero-order valence-electron chi connectivity index (χ0n) is 16.8. The van der Waals surface area contributed by atoms with Gasteiger partial charge in [0.1, 0.15) is 13.2 Å². The molecule has 6 nitrogen and oxygen atoms in total. The topological polar surface area (TPSA) is 76.1 Å². The fourth-order valence-corrected chi connectivity index (χ4v) is 3.99. The number of halogens is 1. The monoisotopic (exact) mass is 475 g/mol. The second-order valence-corrected chi connectivity index (χ2v) is 8.33. The average molecular weight is 476 g/mol. The summed E-state index contributed by atoms with van der Waals surface area (Å²) in [5, 5.41) is 9.18. The predicted molar refractivity (Wildman–Crippen MR) is 116 cm³/mol. The second kappa shape index (κ2) is 10.6. The summed E-state index contributed by atoms with van der Waals surface area (Å²) < 4.78 is 12.4. The van der Waals surface area contributed by atoms with Crippen LogP contribution in [0.25, 0.3) is 0 Å². The van der Waals surface area contributed by atoms with E-state index >= 15 is 0 Å². The van der Waals surface area contributed by atoms with Gasteiger partial charge in [-0.05, 0) is 48.9 Å². The van der Waals surface area contributed by atoms with Crippen molar-refractivity contribution in [1.29, 1.82) is 0 Å². The summed E-state index contributed by atoms with van der Waals surface area (Å²) in [6.07, 6.45) is 2.47. The number of benzene rings is 2. The first-order chi connectivity index (χ1) is 14.5. The molecule has 1 aliphatic rings. The van der Waals surface area contributed by atoms with Gasteiger partial charge in [-0.3, -0.25) is 0 Å². The Morgan fingerprint density at radius 1 is 1.00 bits per heavy atom. The van der Waals surface area contributed by atoms with Crippen LogP contribution in [-0.4, -0.2) is 41.8 Å². The highest BCUT2D eigenvalue weighted by atomic mass is 79.9. The van der Waals surface area contributed by atoms with E-state index in [1.165, 1.54) is 0 Å². The van der Waals surface area contributed by atoms with Gasteiger partial charge in [-0.15, -0.1) is 0 Å². The summed E-state index contributed by atoms with van der Waals surface area (Å²) in [5.41, 5.74) is 1.11. The van der Waals surface area contributed by atoms with Gasteiger partial charge < -0.3 is 19.5 Å². The van der Waals surface area contributed by atoms with Crippen molar-refractivity contribution in [3.8, 4) is 0 Å². The number of hydrogen-bond acceptors (Lipinski definition) is 4. The van der Waals surface area contributed by atoms with Gasteiger partial charge in [0, 0.05) is 17.6 Å². The highest BCUT2D eigenvalue weighted by Crippen LogP contribution is 2.37. The Balaban J connectivity index is 1.71. The van der Waals surface area contributed by atoms with Gasteiger partial charge in [0.05, 0.1) is 5.60 Å². The van der Waals surface area contributed by atoms with E-state index in [4.69, 9.17) is 9.47 Å². The van der Waals surface area contributed by atoms with Gasteiger partial charge in [0.15, 0.2) is 0 Å². The van der Waals surface area contributed by atoms with Gasteiger partial charge in [0.25, 0.3) is 0 Å². The Kier molecular flexibility index (Phi) is 7.87. The summed E-state index contributed by atoms with van der Waals surface area (Å²) in [4.78, 5) is 25.6. The molecule has 2 aromatic carbocycles. The molecule has 0 saturated carbocycles. The van der Waals surface area contributed by atoms with E-state index in [2.05, 4.69) is 15.9 Å². The maximum absolute atomic E-state index is 12.7. The van der Waals surface area contributed by atoms with Crippen LogP contribution in [0, 0.1) is 0 Å². The minimum Gasteiger partial charge on any atom is -0.480 e. The lowest BCUT2D eigenvalue weighted by Crippen LogP contribution is -2.41. The van der Waals surface area contributed by atoms with Crippen LogP contribution in [0.2, 0.25) is 0 Å². The van der Waals surface area contributed by atoms with Gasteiger partial charge in [-0.25, -0.2) is 9.59 Å². The lowest BCUT2D eigenvalue weighted by molar-refractivity contribution is -0.153. The van der Waals surface area contributed by atoms with Crippen molar-refractivity contribution in [2.45, 2.75) is 37.9 Å². The Hall–Kier alpha value is -2.38. The smallest absolute Gasteiger partial charge is 0.410 e. The zero-order chi connectivity index (χ0) is 21.4. The molecule has 3 rings (SSSR count). The number of hydrogen-bond donors (Lipinski definition) is 1. The number of carbonyl (C=O) groups excluding carboxylic acids is 1. The number of aliphatic carboxylic acids is 1. The summed E-state index contributed by atoms with van der Waals surface area (Å²) in [6.45, 7) is 0.893. The number of amides is 1. The third-order valence-electron chi connectivity index (χ3n) is 5.35. The van der Waals surface area contributed by atoms with Crippen molar-refractivity contribution in [2.24, 2.45) is 0 Å². The standard InChI is InChI=1S/C23H26BrNO5/c24-20-10-8-19(9-11-20)23(30-17-21(26)27)12-4-5-14-25(15-13-23)22(28)29-16-18-6-2-1-3-7-18/h1-3,6-11H,4-5,12-17H2,(H,26,27). The molecule has 2 aromatic rings. The average Bonchev–Trinajstić information content (AvgIpc) is 2.73. The van der Waals surface area contributed by atoms with E-state index in [1.54, 1.807) is 4.90 Å². The van der Waals surface area contributed by atoms with Crippen LogP contribution in [0.4, 0.5) is 4.79 Å². The summed E-state index contributed by atoms with van der Waals surface area (Å²) in [5.74, 6) is -1.01. The maximum atomic E-state index is 12.7. The maximum Gasteiger partial charge on any atom is 0.410 e. The Labute approximate surface area is 184 Å². The van der Waals surface area contributed by atoms with E-state index in [0.29, 0.717) is 25.9 Å². The molecule has 0 bridgehead atoms. The second-order valence-electron chi connectivity index (χ2n) is 7.42. The highest BCUT2D eigenvalue weighted by molar-refractivity contribution is 9.10. The van der Waals surface area contributed by atoms with Gasteiger partial charge in [-0.2, -0.15) is 0 Å². The first kappa shape index (κ1) is 22.3. The van der Waals surface area contributed by atoms with Gasteiger partial charge >= 0.3 is 12.1 Å². The third kappa shape index (κ3) is 6.06. The largest absolute Gasteiger partial charge is 0.480 e. The van der Waals surface area contributed by atoms with Crippen LogP contribution in [0.3, 0.4) is 0 Å². The van der Waals surface area contributed by atoms with Crippen molar-refractivity contribution in [1.82, 2.24) is 4.90 Å². The van der Waals surface area contributed by atoms with E-state index < -0.39 is 11.6 Å². The quantitative estimate of drug-likeness (QED) is 0.638. The molecule has 1 unspecified atom stereocenters. The van der Waals surface area contributed by atoms with Gasteiger partial charge in [-0.1, -0.05) is 58.4 Å². The molecule has 160 valence electrons. The number of rotatable bonds is 6. The van der Waals surface area contributed by atoms with E-state index in [-0.39, 0.29) is 19.3 Å². The molecule has 1 atom stereocenters. The normalized spacial score (nSPS) is 19.6. The molecule has 1 amide bonds. The summed E-state index contributed by atoms with van der Waals surface area (Å²) in [6, 6.07) is 17.3. The lowest BCUT2D eigenvalue weighted by Gasteiger charge is -2.38. The fourth-order valence-electron chi connectivity index (χ4n) is 3.73. The highest BCUT2D eigenvalue weighted by Gasteiger charge is 2.36. The first-order valence-corrected chi connectivity index (χ1v) is 10.9. The van der Waals surface area contributed by atoms with Crippen LogP contribution < -0.4 is 0 Å². The number of carbonyl (C=O) groups is 2. The first-order valence-electron chi connectivity index (χ1n) is 10.1. The van der Waals surface area contributed by atoms with E-state index in [1.807, 2.05) is 54.6 Å². The fraction of sp³-hybridized carbons (Fsp3) is 0.391. The molecule has 1 N–H and O–H groups in total. The number of nitrogens with zero attached hydrogens (tertiary/aromatic N) is 1. The Bertz CT molecular complexity index is 842. The van der Waals surface area contributed by atoms with Crippen LogP contribution in [0.1, 0.15) is 36.8 Å². The molecule has 1 aliphatic heterocycles. The van der Waals surface area contributed by atoms with Crippen LogP contribution >= 0.6 is 15.9 Å². The molecule has 1 heterocycles. The molecule has 1 saturated heterocycles. The minimum absolute atomic E-state index is 0.226. The molecule has 0 aliphatic carbocycles. The van der Waals surface area contributed by atoms with Crippen molar-refractivity contribution in [2.75, 3.05) is 19.7 Å². The number of carboxylic acids is 1. The Morgan fingerprint density at radius 3 is 2.43 bits per heavy atom. The minimum atomic E-state index is -1.01. The number of likely N-dealkylation sites (tertiary alicyclic amines) is 1. The lowest BCUT2D eigenvalue weighted by atomic mass is 9.84. The SMILES string of the molecule is O=C(O)COC1(c2ccc(Br)cc2)CCCCN(C(=O)OCc2ccccc2)CC1. The van der Waals surface area contributed by atoms with Crippen molar-refractivity contribution < 1.29 is 24.2 Å². The molecular formula is C23H26BrNO5. The van der Waals surface area contributed by atoms with Crippen LogP contribution in [-0.2, 0) is 26.5 Å². The third-order valence-corrected chi connectivity index (χ3v) is 5.88. The molecule has 0 radical (unpaired) electrons. The molecule has 0 spiro atoms. The summed E-state index contributed by atoms with van der Waals surface area (Å²) >= 11 is 3.44. The molecule has 7 heteroatoms. The zero-order valence-corrected chi connectivity index (χ0v) is 18.3. The number of carboxylic acid groups (broad SMARTS) is 1. The van der Waals surface area contributed by atoms with Crippen LogP contribution in [0.15, 0.2) is 59.1 Å².